The Labute approximate surface area is 155 Å². The van der Waals surface area contributed by atoms with Gasteiger partial charge >= 0.3 is 0 Å². The van der Waals surface area contributed by atoms with E-state index in [0.717, 1.165) is 34.1 Å². The molecule has 5 nitrogen and oxygen atoms in total. The lowest BCUT2D eigenvalue weighted by Gasteiger charge is -2.12. The summed E-state index contributed by atoms with van der Waals surface area (Å²) in [5.74, 6) is -0.0383. The number of thioether (sulfide) groups is 1. The van der Waals surface area contributed by atoms with E-state index < -0.39 is 0 Å². The van der Waals surface area contributed by atoms with Gasteiger partial charge in [-0.2, -0.15) is 0 Å². The van der Waals surface area contributed by atoms with Gasteiger partial charge in [-0.25, -0.2) is 4.39 Å². The molecule has 0 aliphatic heterocycles. The summed E-state index contributed by atoms with van der Waals surface area (Å²) < 4.78 is 18.5. The highest BCUT2D eigenvalue weighted by molar-refractivity contribution is 7.99. The number of hydrogen-bond acceptors (Lipinski definition) is 5. The molecule has 1 heterocycles. The van der Waals surface area contributed by atoms with Gasteiger partial charge in [0.25, 0.3) is 5.22 Å². The number of benzene rings is 2. The van der Waals surface area contributed by atoms with Crippen LogP contribution >= 0.6 is 11.8 Å². The molecule has 2 aromatic carbocycles. The number of rotatable bonds is 5. The van der Waals surface area contributed by atoms with Crippen molar-refractivity contribution in [3.63, 3.8) is 0 Å². The average molecular weight is 371 g/mol. The molecule has 0 spiro atoms. The van der Waals surface area contributed by atoms with E-state index in [4.69, 9.17) is 4.42 Å². The molecular formula is C19H18FN3O2S. The van der Waals surface area contributed by atoms with Crippen LogP contribution in [0.5, 0.6) is 0 Å². The van der Waals surface area contributed by atoms with Crippen molar-refractivity contribution in [1.29, 1.82) is 0 Å². The largest absolute Gasteiger partial charge is 0.411 e. The first-order chi connectivity index (χ1) is 12.4. The second-order valence-corrected chi connectivity index (χ2v) is 6.92. The van der Waals surface area contributed by atoms with Gasteiger partial charge in [0.1, 0.15) is 5.82 Å². The standard InChI is InChI=1S/C19H18FN3O2S/c1-11-8-12(2)17(13(3)9-11)21-16(24)10-26-19-23-22-18(25-19)14-4-6-15(20)7-5-14/h4-9H,10H2,1-3H3,(H,21,24). The Morgan fingerprint density at radius 1 is 1.12 bits per heavy atom. The zero-order valence-electron chi connectivity index (χ0n) is 14.7. The van der Waals surface area contributed by atoms with E-state index in [1.807, 2.05) is 32.9 Å². The summed E-state index contributed by atoms with van der Waals surface area (Å²) in [7, 11) is 0. The Kier molecular flexibility index (Phi) is 5.37. The molecule has 1 N–H and O–H groups in total. The maximum atomic E-state index is 13.0. The van der Waals surface area contributed by atoms with E-state index >= 15 is 0 Å². The quantitative estimate of drug-likeness (QED) is 0.667. The van der Waals surface area contributed by atoms with Gasteiger partial charge in [-0.3, -0.25) is 4.79 Å². The van der Waals surface area contributed by atoms with Crippen molar-refractivity contribution in [1.82, 2.24) is 10.2 Å². The lowest BCUT2D eigenvalue weighted by Crippen LogP contribution is -2.15. The Morgan fingerprint density at radius 2 is 1.77 bits per heavy atom. The Hall–Kier alpha value is -2.67. The van der Waals surface area contributed by atoms with Crippen LogP contribution in [0.25, 0.3) is 11.5 Å². The molecular weight excluding hydrogens is 353 g/mol. The predicted octanol–water partition coefficient (Wildman–Crippen LogP) is 4.53. The molecule has 26 heavy (non-hydrogen) atoms. The molecule has 3 rings (SSSR count). The van der Waals surface area contributed by atoms with E-state index in [1.54, 1.807) is 12.1 Å². The molecule has 0 fully saturated rings. The predicted molar refractivity (Wildman–Crippen MR) is 99.7 cm³/mol. The minimum absolute atomic E-state index is 0.147. The van der Waals surface area contributed by atoms with Gasteiger partial charge in [0.2, 0.25) is 11.8 Å². The van der Waals surface area contributed by atoms with E-state index in [9.17, 15) is 9.18 Å². The first-order valence-corrected chi connectivity index (χ1v) is 9.01. The first-order valence-electron chi connectivity index (χ1n) is 8.02. The molecule has 3 aromatic rings. The highest BCUT2D eigenvalue weighted by Gasteiger charge is 2.13. The third kappa shape index (κ3) is 4.29. The number of anilines is 1. The molecule has 0 radical (unpaired) electrons. The fourth-order valence-electron chi connectivity index (χ4n) is 2.66. The fourth-order valence-corrected chi connectivity index (χ4v) is 3.22. The van der Waals surface area contributed by atoms with E-state index in [2.05, 4.69) is 15.5 Å². The summed E-state index contributed by atoms with van der Waals surface area (Å²) in [6.07, 6.45) is 0. The molecule has 0 saturated heterocycles. The van der Waals surface area contributed by atoms with Gasteiger partial charge in [-0.15, -0.1) is 10.2 Å². The minimum Gasteiger partial charge on any atom is -0.411 e. The summed E-state index contributed by atoms with van der Waals surface area (Å²) in [5.41, 5.74) is 4.67. The van der Waals surface area contributed by atoms with Crippen LogP contribution in [-0.2, 0) is 4.79 Å². The Balaban J connectivity index is 1.61. The second kappa shape index (κ2) is 7.70. The zero-order valence-corrected chi connectivity index (χ0v) is 15.5. The number of aryl methyl sites for hydroxylation is 3. The number of carbonyl (C=O) groups excluding carboxylic acids is 1. The third-order valence-corrected chi connectivity index (χ3v) is 4.58. The zero-order chi connectivity index (χ0) is 18.7. The topological polar surface area (TPSA) is 68.0 Å². The van der Waals surface area contributed by atoms with Crippen LogP contribution in [0, 0.1) is 26.6 Å². The summed E-state index contributed by atoms with van der Waals surface area (Å²) in [5, 5.41) is 11.1. The molecule has 0 aliphatic carbocycles. The smallest absolute Gasteiger partial charge is 0.277 e. The van der Waals surface area contributed by atoms with Crippen LogP contribution in [0.1, 0.15) is 16.7 Å². The summed E-state index contributed by atoms with van der Waals surface area (Å²) >= 11 is 1.15. The van der Waals surface area contributed by atoms with Gasteiger partial charge in [-0.1, -0.05) is 29.5 Å². The summed E-state index contributed by atoms with van der Waals surface area (Å²) in [4.78, 5) is 12.2. The minimum atomic E-state index is -0.332. The molecule has 0 unspecified atom stereocenters. The average Bonchev–Trinajstić information content (AvgIpc) is 3.06. The summed E-state index contributed by atoms with van der Waals surface area (Å²) in [6, 6.07) is 9.84. The van der Waals surface area contributed by atoms with Crippen LogP contribution in [0.3, 0.4) is 0 Å². The lowest BCUT2D eigenvalue weighted by atomic mass is 10.1. The third-order valence-electron chi connectivity index (χ3n) is 3.77. The summed E-state index contributed by atoms with van der Waals surface area (Å²) in [6.45, 7) is 5.96. The van der Waals surface area contributed by atoms with E-state index in [0.29, 0.717) is 5.56 Å². The van der Waals surface area contributed by atoms with Crippen LogP contribution in [-0.4, -0.2) is 21.9 Å². The number of hydrogen-bond donors (Lipinski definition) is 1. The van der Waals surface area contributed by atoms with Crippen LogP contribution in [0.4, 0.5) is 10.1 Å². The van der Waals surface area contributed by atoms with Gasteiger partial charge < -0.3 is 9.73 Å². The maximum absolute atomic E-state index is 13.0. The molecule has 1 aromatic heterocycles. The monoisotopic (exact) mass is 371 g/mol. The van der Waals surface area contributed by atoms with Crippen molar-refractivity contribution in [2.45, 2.75) is 26.0 Å². The maximum Gasteiger partial charge on any atom is 0.277 e. The Bertz CT molecular complexity index is 915. The van der Waals surface area contributed by atoms with Crippen molar-refractivity contribution in [3.05, 3.63) is 58.9 Å². The van der Waals surface area contributed by atoms with Gasteiger partial charge in [0.05, 0.1) is 5.75 Å². The van der Waals surface area contributed by atoms with Gasteiger partial charge in [-0.05, 0) is 56.2 Å². The SMILES string of the molecule is Cc1cc(C)c(NC(=O)CSc2nnc(-c3ccc(F)cc3)o2)c(C)c1. The molecule has 0 bridgehead atoms. The van der Waals surface area contributed by atoms with Crippen LogP contribution < -0.4 is 5.32 Å². The highest BCUT2D eigenvalue weighted by Crippen LogP contribution is 2.25. The highest BCUT2D eigenvalue weighted by atomic mass is 32.2. The van der Waals surface area contributed by atoms with Gasteiger partial charge in [0, 0.05) is 11.3 Å². The van der Waals surface area contributed by atoms with Crippen LogP contribution in [0.15, 0.2) is 46.0 Å². The van der Waals surface area contributed by atoms with Crippen molar-refractivity contribution in [3.8, 4) is 11.5 Å². The Morgan fingerprint density at radius 3 is 2.42 bits per heavy atom. The van der Waals surface area contributed by atoms with Gasteiger partial charge in [0.15, 0.2) is 0 Å². The van der Waals surface area contributed by atoms with Crippen LogP contribution in [0.2, 0.25) is 0 Å². The normalized spacial score (nSPS) is 10.8. The molecule has 0 atom stereocenters. The number of nitrogens with zero attached hydrogens (tertiary/aromatic N) is 2. The number of amides is 1. The number of nitrogens with one attached hydrogen (secondary N) is 1. The van der Waals surface area contributed by atoms with Crippen molar-refractivity contribution >= 4 is 23.4 Å². The number of halogens is 1. The van der Waals surface area contributed by atoms with E-state index in [1.165, 1.54) is 12.1 Å². The molecule has 1 amide bonds. The molecule has 0 saturated carbocycles. The van der Waals surface area contributed by atoms with E-state index in [-0.39, 0.29) is 28.6 Å². The fraction of sp³-hybridized carbons (Fsp3) is 0.211. The number of aromatic nitrogens is 2. The molecule has 7 heteroatoms. The van der Waals surface area contributed by atoms with Crippen molar-refractivity contribution < 1.29 is 13.6 Å². The van der Waals surface area contributed by atoms with Crippen molar-refractivity contribution in [2.75, 3.05) is 11.1 Å². The second-order valence-electron chi connectivity index (χ2n) is 5.99. The molecule has 0 aliphatic rings. The lowest BCUT2D eigenvalue weighted by molar-refractivity contribution is -0.113. The van der Waals surface area contributed by atoms with Crippen molar-refractivity contribution in [2.24, 2.45) is 0 Å². The number of carbonyl (C=O) groups is 1. The first kappa shape index (κ1) is 18.1. The molecule has 134 valence electrons.